The number of carbonyl (C=O) groups is 2. The van der Waals surface area contributed by atoms with E-state index >= 15 is 0 Å². The van der Waals surface area contributed by atoms with Crippen molar-refractivity contribution >= 4 is 11.8 Å². The van der Waals surface area contributed by atoms with Crippen LogP contribution in [0.2, 0.25) is 0 Å². The molecule has 1 aromatic rings. The zero-order chi connectivity index (χ0) is 43.3. The van der Waals surface area contributed by atoms with E-state index in [2.05, 4.69) is 55.4 Å². The van der Waals surface area contributed by atoms with E-state index < -0.39 is 23.6 Å². The van der Waals surface area contributed by atoms with E-state index in [1.165, 1.54) is 41.8 Å². The Labute approximate surface area is 366 Å². The SMILES string of the molecule is CCCCCC1C=CC(CCCCC2CCC(c3cc4c([nH]3)CCC(C(C)C3CCC(=O)CC3)C4C)C3CC(CC4=CCNC(N)=C4)CC3(O)CCC(O)C2C(=O)O)C(O)C1. The van der Waals surface area contributed by atoms with Crippen LogP contribution >= 0.6 is 0 Å². The van der Waals surface area contributed by atoms with E-state index in [-0.39, 0.29) is 42.1 Å². The molecule has 7 rings (SSSR count). The average Bonchev–Trinajstić information content (AvgIpc) is 3.80. The van der Waals surface area contributed by atoms with Crippen molar-refractivity contribution in [2.75, 3.05) is 6.54 Å². The first kappa shape index (κ1) is 46.1. The summed E-state index contributed by atoms with van der Waals surface area (Å²) in [5, 5.41) is 49.5. The van der Waals surface area contributed by atoms with Gasteiger partial charge in [0.05, 0.1) is 29.5 Å². The number of ketones is 1. The molecule has 340 valence electrons. The highest BCUT2D eigenvalue weighted by Gasteiger charge is 2.51. The van der Waals surface area contributed by atoms with Gasteiger partial charge in [-0.15, -0.1) is 0 Å². The Hall–Kier alpha value is -2.88. The highest BCUT2D eigenvalue weighted by atomic mass is 16.4. The minimum atomic E-state index is -1.02. The Morgan fingerprint density at radius 2 is 1.72 bits per heavy atom. The van der Waals surface area contributed by atoms with Crippen LogP contribution in [0.5, 0.6) is 0 Å². The number of dihydropyridines is 1. The number of aryl methyl sites for hydroxylation is 1. The van der Waals surface area contributed by atoms with Crippen molar-refractivity contribution in [3.05, 3.63) is 58.7 Å². The lowest BCUT2D eigenvalue weighted by Gasteiger charge is -2.40. The van der Waals surface area contributed by atoms with E-state index in [4.69, 9.17) is 5.73 Å². The number of Topliss-reactive ketones (excluding diaryl/α,β-unsaturated/α-hetero) is 1. The second kappa shape index (κ2) is 20.7. The largest absolute Gasteiger partial charge is 0.481 e. The summed E-state index contributed by atoms with van der Waals surface area (Å²) in [5.41, 5.74) is 10.3. The summed E-state index contributed by atoms with van der Waals surface area (Å²) in [6.07, 6.45) is 26.5. The predicted molar refractivity (Wildman–Crippen MR) is 242 cm³/mol. The van der Waals surface area contributed by atoms with Crippen molar-refractivity contribution in [1.29, 1.82) is 0 Å². The zero-order valence-electron chi connectivity index (χ0n) is 37.8. The van der Waals surface area contributed by atoms with Crippen molar-refractivity contribution in [3.8, 4) is 0 Å². The number of aliphatic hydroxyl groups is 3. The first-order valence-corrected chi connectivity index (χ1v) is 25.0. The summed E-state index contributed by atoms with van der Waals surface area (Å²) in [7, 11) is 0. The quantitative estimate of drug-likeness (QED) is 0.0677. The second-order valence-electron chi connectivity index (χ2n) is 21.2. The summed E-state index contributed by atoms with van der Waals surface area (Å²) in [4.78, 5) is 29.2. The molecule has 9 nitrogen and oxygen atoms in total. The van der Waals surface area contributed by atoms with Crippen molar-refractivity contribution in [3.63, 3.8) is 0 Å². The molecule has 0 spiro atoms. The number of nitrogens with one attached hydrogen (secondary N) is 2. The van der Waals surface area contributed by atoms with Gasteiger partial charge in [-0.1, -0.05) is 71.1 Å². The van der Waals surface area contributed by atoms with Crippen LogP contribution in [-0.4, -0.2) is 61.5 Å². The number of unbranched alkanes of at least 4 members (excludes halogenated alkanes) is 3. The van der Waals surface area contributed by atoms with E-state index in [1.807, 2.05) is 6.08 Å². The number of aliphatic carboxylic acids is 1. The van der Waals surface area contributed by atoms with E-state index in [1.54, 1.807) is 0 Å². The molecule has 0 aromatic carbocycles. The van der Waals surface area contributed by atoms with Gasteiger partial charge in [-0.3, -0.25) is 9.59 Å². The minimum Gasteiger partial charge on any atom is -0.481 e. The van der Waals surface area contributed by atoms with Gasteiger partial charge in [0.25, 0.3) is 0 Å². The monoisotopic (exact) mass is 844 g/mol. The molecule has 6 aliphatic rings. The summed E-state index contributed by atoms with van der Waals surface area (Å²) >= 11 is 0. The van der Waals surface area contributed by atoms with Crippen LogP contribution in [0.15, 0.2) is 41.8 Å². The van der Waals surface area contributed by atoms with Gasteiger partial charge in [0.1, 0.15) is 5.78 Å². The zero-order valence-corrected chi connectivity index (χ0v) is 37.8. The standard InChI is InChI=1S/C52H81N3O6/c1-4-5-6-9-34-12-13-38(48(58)28-34)10-7-8-11-39-16-19-42(46-30-43-33(3)41(20-21-45(43)55-46)32(2)37-14-17-40(56)18-15-37)44-27-36(26-35-23-25-54-49(53)29-35)31-52(44,61)24-22-47(57)50(39)51(59)60/h12-13,23,29-30,32-34,36-39,41-42,44,47-48,50,54-55,57-58,61H,4-11,14-22,24-28,31,53H2,1-3H3,(H,59,60). The van der Waals surface area contributed by atoms with Gasteiger partial charge < -0.3 is 36.5 Å². The van der Waals surface area contributed by atoms with Crippen LogP contribution in [0.3, 0.4) is 0 Å². The molecule has 3 fully saturated rings. The van der Waals surface area contributed by atoms with Crippen LogP contribution in [0.25, 0.3) is 0 Å². The molecule has 61 heavy (non-hydrogen) atoms. The lowest BCUT2D eigenvalue weighted by atomic mass is 9.66. The van der Waals surface area contributed by atoms with Gasteiger partial charge in [0.15, 0.2) is 0 Å². The number of fused-ring (bicyclic) bond motifs is 2. The smallest absolute Gasteiger partial charge is 0.309 e. The first-order valence-electron chi connectivity index (χ1n) is 25.0. The number of aliphatic hydroxyl groups excluding tert-OH is 2. The molecule has 0 amide bonds. The third kappa shape index (κ3) is 11.1. The number of allylic oxidation sites excluding steroid dienone is 3. The molecule has 0 bridgehead atoms. The van der Waals surface area contributed by atoms with Gasteiger partial charge in [-0.25, -0.2) is 0 Å². The molecule has 13 atom stereocenters. The number of hydrogen-bond donors (Lipinski definition) is 7. The maximum Gasteiger partial charge on any atom is 0.309 e. The van der Waals surface area contributed by atoms with Gasteiger partial charge in [-0.05, 0) is 167 Å². The first-order chi connectivity index (χ1) is 29.3. The lowest BCUT2D eigenvalue weighted by Crippen LogP contribution is -2.42. The second-order valence-corrected chi connectivity index (χ2v) is 21.2. The Balaban J connectivity index is 1.11. The van der Waals surface area contributed by atoms with Gasteiger partial charge in [0.2, 0.25) is 0 Å². The molecule has 1 aliphatic heterocycles. The summed E-state index contributed by atoms with van der Waals surface area (Å²) in [6.45, 7) is 7.75. The maximum atomic E-state index is 13.1. The average molecular weight is 844 g/mol. The Kier molecular flexibility index (Phi) is 15.7. The third-order valence-electron chi connectivity index (χ3n) is 17.3. The highest BCUT2D eigenvalue weighted by molar-refractivity contribution is 5.79. The number of aromatic amines is 1. The summed E-state index contributed by atoms with van der Waals surface area (Å²) in [6, 6.07) is 2.43. The molecular formula is C52H81N3O6. The normalized spacial score (nSPS) is 36.6. The molecule has 3 saturated carbocycles. The number of aromatic nitrogens is 1. The molecule has 8 N–H and O–H groups in total. The summed E-state index contributed by atoms with van der Waals surface area (Å²) in [5.74, 6) is 2.07. The molecule has 1 aromatic heterocycles. The molecule has 0 radical (unpaired) electrons. The van der Waals surface area contributed by atoms with E-state index in [0.717, 1.165) is 96.3 Å². The van der Waals surface area contributed by atoms with Crippen molar-refractivity contribution in [2.45, 2.75) is 192 Å². The van der Waals surface area contributed by atoms with E-state index in [0.29, 0.717) is 67.0 Å². The third-order valence-corrected chi connectivity index (χ3v) is 17.3. The molecule has 13 unspecified atom stereocenters. The lowest BCUT2D eigenvalue weighted by molar-refractivity contribution is -0.150. The number of H-pyrrole nitrogens is 1. The van der Waals surface area contributed by atoms with E-state index in [9.17, 15) is 30.0 Å². The van der Waals surface area contributed by atoms with Gasteiger partial charge >= 0.3 is 5.97 Å². The van der Waals surface area contributed by atoms with Crippen LogP contribution in [0.4, 0.5) is 0 Å². The van der Waals surface area contributed by atoms with Gasteiger partial charge in [0, 0.05) is 42.6 Å². The van der Waals surface area contributed by atoms with Crippen molar-refractivity contribution in [1.82, 2.24) is 10.3 Å². The Bertz CT molecular complexity index is 1720. The number of hydrogen-bond acceptors (Lipinski definition) is 7. The van der Waals surface area contributed by atoms with Crippen LogP contribution in [0, 0.1) is 53.3 Å². The maximum absolute atomic E-state index is 13.1. The van der Waals surface area contributed by atoms with Crippen LogP contribution in [0.1, 0.15) is 184 Å². The molecule has 0 saturated heterocycles. The van der Waals surface area contributed by atoms with Crippen molar-refractivity contribution < 1.29 is 30.0 Å². The number of rotatable bonds is 15. The number of nitrogens with two attached hydrogens (primary N) is 1. The Morgan fingerprint density at radius 1 is 0.951 bits per heavy atom. The van der Waals surface area contributed by atoms with Crippen molar-refractivity contribution in [2.24, 2.45) is 59.0 Å². The predicted octanol–water partition coefficient (Wildman–Crippen LogP) is 9.58. The molecule has 9 heteroatoms. The molecule has 2 heterocycles. The van der Waals surface area contributed by atoms with Crippen LogP contribution in [-0.2, 0) is 16.0 Å². The fourth-order valence-electron chi connectivity index (χ4n) is 13.7. The number of carbonyl (C=O) groups excluding carboxylic acids is 1. The number of carboxylic acid groups (broad SMARTS) is 1. The van der Waals surface area contributed by atoms with Crippen LogP contribution < -0.4 is 11.1 Å². The fraction of sp³-hybridized carbons (Fsp3) is 0.769. The fourth-order valence-corrected chi connectivity index (χ4v) is 13.7. The number of carboxylic acids is 1. The highest BCUT2D eigenvalue weighted by Crippen LogP contribution is 2.55. The Morgan fingerprint density at radius 3 is 2.46 bits per heavy atom. The minimum absolute atomic E-state index is 0.0225. The summed E-state index contributed by atoms with van der Waals surface area (Å²) < 4.78 is 0. The molecule has 5 aliphatic carbocycles. The topological polar surface area (TPSA) is 169 Å². The molecular weight excluding hydrogens is 763 g/mol. The van der Waals surface area contributed by atoms with Gasteiger partial charge in [-0.2, -0.15) is 0 Å².